The fourth-order valence-electron chi connectivity index (χ4n) is 3.93. The summed E-state index contributed by atoms with van der Waals surface area (Å²) >= 11 is 0. The average molecular weight is 405 g/mol. The number of aromatic nitrogens is 2. The first kappa shape index (κ1) is 20.3. The number of unbranched alkanes of at least 4 members (excludes halogenated alkanes) is 1. The van der Waals surface area contributed by atoms with E-state index in [1.165, 1.54) is 5.57 Å². The van der Waals surface area contributed by atoms with Crippen molar-refractivity contribution in [2.45, 2.75) is 33.1 Å². The van der Waals surface area contributed by atoms with Crippen molar-refractivity contribution in [3.8, 4) is 5.75 Å². The van der Waals surface area contributed by atoms with E-state index >= 15 is 0 Å². The number of rotatable bonds is 6. The molecule has 2 aromatic rings. The molecule has 0 bridgehead atoms. The van der Waals surface area contributed by atoms with Crippen molar-refractivity contribution in [2.75, 3.05) is 26.2 Å². The van der Waals surface area contributed by atoms with E-state index in [-0.39, 0.29) is 5.91 Å². The van der Waals surface area contributed by atoms with Gasteiger partial charge in [-0.1, -0.05) is 12.1 Å². The fourth-order valence-corrected chi connectivity index (χ4v) is 3.93. The minimum Gasteiger partial charge on any atom is -0.462 e. The average Bonchev–Trinajstić information content (AvgIpc) is 2.88. The van der Waals surface area contributed by atoms with Crippen LogP contribution >= 0.6 is 0 Å². The third kappa shape index (κ3) is 4.60. The van der Waals surface area contributed by atoms with Gasteiger partial charge in [0.05, 0.1) is 11.3 Å². The van der Waals surface area contributed by atoms with Crippen molar-refractivity contribution in [3.63, 3.8) is 0 Å². The number of ether oxygens (including phenoxy) is 1. The lowest BCUT2D eigenvalue weighted by Crippen LogP contribution is -2.32. The molecule has 0 aliphatic carbocycles. The lowest BCUT2D eigenvalue weighted by Gasteiger charge is -2.27. The van der Waals surface area contributed by atoms with Crippen LogP contribution in [-0.2, 0) is 0 Å². The number of benzene rings is 1. The highest BCUT2D eigenvalue weighted by Crippen LogP contribution is 2.27. The van der Waals surface area contributed by atoms with Crippen LogP contribution in [0.15, 0.2) is 54.7 Å². The van der Waals surface area contributed by atoms with Gasteiger partial charge in [0.1, 0.15) is 12.0 Å². The molecule has 1 aromatic carbocycles. The van der Waals surface area contributed by atoms with Crippen LogP contribution in [0.25, 0.3) is 5.57 Å². The van der Waals surface area contributed by atoms with Gasteiger partial charge in [0.2, 0.25) is 0 Å². The number of carbonyl (C=O) groups excluding carboxylic acids is 1. The Morgan fingerprint density at radius 2 is 1.90 bits per heavy atom. The number of aryl methyl sites for hydroxylation is 1. The van der Waals surface area contributed by atoms with Gasteiger partial charge in [-0.3, -0.25) is 9.69 Å². The maximum Gasteiger partial charge on any atom is 0.261 e. The van der Waals surface area contributed by atoms with Gasteiger partial charge in [0, 0.05) is 37.6 Å². The standard InChI is InChI=1S/C24H28N4O2/c1-18-8-9-21-22(15-18)30-17-19(2)28(24(21)29)14-4-3-12-27-13-5-7-20(16-27)23-25-10-6-11-26-23/h6-11,15,17H,3-5,12-14,16H2,1-2H3. The van der Waals surface area contributed by atoms with Gasteiger partial charge in [0.15, 0.2) is 5.82 Å². The lowest BCUT2D eigenvalue weighted by molar-refractivity contribution is 0.0804. The van der Waals surface area contributed by atoms with Crippen LogP contribution in [0.1, 0.15) is 47.9 Å². The number of nitrogens with zero attached hydrogens (tertiary/aromatic N) is 4. The second-order valence-electron chi connectivity index (χ2n) is 7.91. The molecule has 0 radical (unpaired) electrons. The monoisotopic (exact) mass is 404 g/mol. The molecule has 2 aliphatic heterocycles. The third-order valence-corrected chi connectivity index (χ3v) is 5.58. The van der Waals surface area contributed by atoms with Crippen LogP contribution in [0, 0.1) is 6.92 Å². The first-order chi connectivity index (χ1) is 14.6. The minimum atomic E-state index is 0.0145. The Labute approximate surface area is 177 Å². The molecule has 6 nitrogen and oxygen atoms in total. The number of amides is 1. The molecular weight excluding hydrogens is 376 g/mol. The third-order valence-electron chi connectivity index (χ3n) is 5.58. The molecule has 0 spiro atoms. The molecule has 0 fully saturated rings. The minimum absolute atomic E-state index is 0.0145. The number of hydrogen-bond acceptors (Lipinski definition) is 5. The van der Waals surface area contributed by atoms with Gasteiger partial charge in [-0.2, -0.15) is 0 Å². The lowest BCUT2D eigenvalue weighted by atomic mass is 10.1. The van der Waals surface area contributed by atoms with Crippen LogP contribution in [0.3, 0.4) is 0 Å². The molecule has 6 heteroatoms. The van der Waals surface area contributed by atoms with Crippen LogP contribution in [0.4, 0.5) is 0 Å². The summed E-state index contributed by atoms with van der Waals surface area (Å²) in [5, 5.41) is 0. The Hall–Kier alpha value is -2.99. The van der Waals surface area contributed by atoms with Gasteiger partial charge in [-0.05, 0) is 63.4 Å². The summed E-state index contributed by atoms with van der Waals surface area (Å²) in [6.45, 7) is 7.55. The molecule has 4 rings (SSSR count). The van der Waals surface area contributed by atoms with E-state index in [9.17, 15) is 4.79 Å². The summed E-state index contributed by atoms with van der Waals surface area (Å²) in [4.78, 5) is 26.1. The summed E-state index contributed by atoms with van der Waals surface area (Å²) in [7, 11) is 0. The largest absolute Gasteiger partial charge is 0.462 e. The Morgan fingerprint density at radius 3 is 2.73 bits per heavy atom. The van der Waals surface area contributed by atoms with Gasteiger partial charge in [0.25, 0.3) is 5.91 Å². The molecule has 0 atom stereocenters. The molecule has 1 amide bonds. The summed E-state index contributed by atoms with van der Waals surface area (Å²) in [5.41, 5.74) is 3.75. The number of allylic oxidation sites excluding steroid dienone is 1. The van der Waals surface area contributed by atoms with Crippen LogP contribution in [-0.4, -0.2) is 51.9 Å². The zero-order valence-electron chi connectivity index (χ0n) is 17.7. The summed E-state index contributed by atoms with van der Waals surface area (Å²) in [5.74, 6) is 1.48. The van der Waals surface area contributed by atoms with Crippen molar-refractivity contribution < 1.29 is 9.53 Å². The normalized spacial score (nSPS) is 17.0. The SMILES string of the molecule is CC1=COc2cc(C)ccc2C(=O)N1CCCCN1CCC=C(c2ncccn2)C1. The number of hydrogen-bond donors (Lipinski definition) is 0. The summed E-state index contributed by atoms with van der Waals surface area (Å²) in [6, 6.07) is 7.57. The first-order valence-corrected chi connectivity index (χ1v) is 10.6. The van der Waals surface area contributed by atoms with E-state index in [2.05, 4.69) is 20.9 Å². The Balaban J connectivity index is 1.30. The molecule has 0 saturated carbocycles. The summed E-state index contributed by atoms with van der Waals surface area (Å²) < 4.78 is 5.75. The fraction of sp³-hybridized carbons (Fsp3) is 0.375. The molecule has 30 heavy (non-hydrogen) atoms. The maximum atomic E-state index is 13.0. The zero-order valence-corrected chi connectivity index (χ0v) is 17.7. The quantitative estimate of drug-likeness (QED) is 0.680. The number of carbonyl (C=O) groups is 1. The van der Waals surface area contributed by atoms with E-state index in [0.29, 0.717) is 17.9 Å². The van der Waals surface area contributed by atoms with Gasteiger partial charge in [-0.15, -0.1) is 0 Å². The van der Waals surface area contributed by atoms with E-state index in [0.717, 1.165) is 56.0 Å². The number of fused-ring (bicyclic) bond motifs is 1. The van der Waals surface area contributed by atoms with Crippen molar-refractivity contribution in [1.82, 2.24) is 19.8 Å². The molecule has 2 aliphatic rings. The maximum absolute atomic E-state index is 13.0. The second-order valence-corrected chi connectivity index (χ2v) is 7.91. The predicted molar refractivity (Wildman–Crippen MR) is 117 cm³/mol. The molecule has 0 unspecified atom stereocenters. The van der Waals surface area contributed by atoms with Gasteiger partial charge < -0.3 is 9.64 Å². The molecule has 0 saturated heterocycles. The topological polar surface area (TPSA) is 58.6 Å². The second kappa shape index (κ2) is 9.22. The molecule has 0 N–H and O–H groups in total. The Bertz CT molecular complexity index is 968. The van der Waals surface area contributed by atoms with E-state index in [1.54, 1.807) is 18.7 Å². The van der Waals surface area contributed by atoms with Crippen LogP contribution < -0.4 is 4.74 Å². The predicted octanol–water partition coefficient (Wildman–Crippen LogP) is 4.05. The highest BCUT2D eigenvalue weighted by molar-refractivity contribution is 5.98. The first-order valence-electron chi connectivity index (χ1n) is 10.6. The van der Waals surface area contributed by atoms with Crippen molar-refractivity contribution >= 4 is 11.5 Å². The van der Waals surface area contributed by atoms with Gasteiger partial charge >= 0.3 is 0 Å². The highest BCUT2D eigenvalue weighted by Gasteiger charge is 2.24. The van der Waals surface area contributed by atoms with E-state index < -0.39 is 0 Å². The smallest absolute Gasteiger partial charge is 0.261 e. The zero-order chi connectivity index (χ0) is 20.9. The van der Waals surface area contributed by atoms with Crippen molar-refractivity contribution in [2.24, 2.45) is 0 Å². The Kier molecular flexibility index (Phi) is 6.23. The highest BCUT2D eigenvalue weighted by atomic mass is 16.5. The van der Waals surface area contributed by atoms with Crippen LogP contribution in [0.2, 0.25) is 0 Å². The summed E-state index contributed by atoms with van der Waals surface area (Å²) in [6.07, 6.45) is 10.5. The van der Waals surface area contributed by atoms with Gasteiger partial charge in [-0.25, -0.2) is 9.97 Å². The molecular formula is C24H28N4O2. The van der Waals surface area contributed by atoms with Crippen LogP contribution in [0.5, 0.6) is 5.75 Å². The van der Waals surface area contributed by atoms with Crippen molar-refractivity contribution in [1.29, 1.82) is 0 Å². The van der Waals surface area contributed by atoms with E-state index in [4.69, 9.17) is 4.74 Å². The molecule has 156 valence electrons. The van der Waals surface area contributed by atoms with E-state index in [1.807, 2.05) is 43.0 Å². The van der Waals surface area contributed by atoms with Crippen molar-refractivity contribution in [3.05, 3.63) is 71.6 Å². The molecule has 1 aromatic heterocycles. The Morgan fingerprint density at radius 1 is 1.10 bits per heavy atom. The molecule has 3 heterocycles.